The molecule has 1 aromatic heterocycles. The Morgan fingerprint density at radius 1 is 1.56 bits per heavy atom. The second-order valence-electron chi connectivity index (χ2n) is 3.52. The minimum absolute atomic E-state index is 0.238. The molecule has 0 unspecified atom stereocenters. The summed E-state index contributed by atoms with van der Waals surface area (Å²) in [5.41, 5.74) is 2.25. The van der Waals surface area contributed by atoms with E-state index in [0.717, 1.165) is 11.1 Å². The van der Waals surface area contributed by atoms with Gasteiger partial charge in [-0.3, -0.25) is 4.79 Å². The molecule has 0 bridgehead atoms. The first-order chi connectivity index (χ1) is 7.74. The number of fused-ring (bicyclic) bond motifs is 1. The van der Waals surface area contributed by atoms with Crippen molar-refractivity contribution in [2.45, 2.75) is 19.8 Å². The smallest absolute Gasteiger partial charge is 0.313 e. The van der Waals surface area contributed by atoms with Gasteiger partial charge in [0, 0.05) is 0 Å². The van der Waals surface area contributed by atoms with E-state index in [1.54, 1.807) is 13.8 Å². The van der Waals surface area contributed by atoms with Crippen LogP contribution >= 0.6 is 0 Å². The fraction of sp³-hybridized carbons (Fsp3) is 0.333. The SMILES string of the molecule is CCOC(=O)[C@@H](C)c1cccc2ocnc12. The molecule has 2 rings (SSSR count). The first-order valence-corrected chi connectivity index (χ1v) is 5.22. The zero-order valence-electron chi connectivity index (χ0n) is 9.27. The molecule has 0 spiro atoms. The van der Waals surface area contributed by atoms with E-state index in [9.17, 15) is 4.79 Å². The summed E-state index contributed by atoms with van der Waals surface area (Å²) >= 11 is 0. The highest BCUT2D eigenvalue weighted by Crippen LogP contribution is 2.25. The van der Waals surface area contributed by atoms with Crippen LogP contribution in [0.2, 0.25) is 0 Å². The third-order valence-corrected chi connectivity index (χ3v) is 2.50. The van der Waals surface area contributed by atoms with Crippen molar-refractivity contribution in [2.75, 3.05) is 6.61 Å². The van der Waals surface area contributed by atoms with Crippen molar-refractivity contribution in [3.05, 3.63) is 30.2 Å². The highest BCUT2D eigenvalue weighted by Gasteiger charge is 2.19. The molecule has 1 aromatic carbocycles. The summed E-state index contributed by atoms with van der Waals surface area (Å²) in [4.78, 5) is 15.7. The second kappa shape index (κ2) is 4.35. The van der Waals surface area contributed by atoms with E-state index in [2.05, 4.69) is 4.98 Å². The number of benzene rings is 1. The fourth-order valence-electron chi connectivity index (χ4n) is 1.65. The standard InChI is InChI=1S/C12H13NO3/c1-3-15-12(14)8(2)9-5-4-6-10-11(9)13-7-16-10/h4-8H,3H2,1-2H3/t8-/m0/s1. The molecule has 0 aliphatic heterocycles. The van der Waals surface area contributed by atoms with Crippen molar-refractivity contribution >= 4 is 17.1 Å². The van der Waals surface area contributed by atoms with E-state index in [4.69, 9.17) is 9.15 Å². The normalized spacial score (nSPS) is 12.6. The van der Waals surface area contributed by atoms with Crippen LogP contribution in [0.1, 0.15) is 25.3 Å². The van der Waals surface area contributed by atoms with Crippen LogP contribution in [0.5, 0.6) is 0 Å². The van der Waals surface area contributed by atoms with Gasteiger partial charge in [0.2, 0.25) is 0 Å². The van der Waals surface area contributed by atoms with Gasteiger partial charge in [0.05, 0.1) is 12.5 Å². The average molecular weight is 219 g/mol. The lowest BCUT2D eigenvalue weighted by Crippen LogP contribution is -2.13. The number of para-hydroxylation sites is 1. The van der Waals surface area contributed by atoms with E-state index in [1.165, 1.54) is 6.39 Å². The zero-order chi connectivity index (χ0) is 11.5. The third kappa shape index (κ3) is 1.78. The Balaban J connectivity index is 2.39. The molecule has 4 nitrogen and oxygen atoms in total. The summed E-state index contributed by atoms with van der Waals surface area (Å²) < 4.78 is 10.2. The molecule has 0 saturated heterocycles. The van der Waals surface area contributed by atoms with Gasteiger partial charge < -0.3 is 9.15 Å². The van der Waals surface area contributed by atoms with Crippen molar-refractivity contribution in [2.24, 2.45) is 0 Å². The summed E-state index contributed by atoms with van der Waals surface area (Å²) in [6.45, 7) is 3.99. The van der Waals surface area contributed by atoms with Gasteiger partial charge in [-0.25, -0.2) is 4.98 Å². The van der Waals surface area contributed by atoms with Gasteiger partial charge in [-0.1, -0.05) is 12.1 Å². The van der Waals surface area contributed by atoms with Crippen molar-refractivity contribution < 1.29 is 13.9 Å². The minimum atomic E-state index is -0.325. The summed E-state index contributed by atoms with van der Waals surface area (Å²) in [5, 5.41) is 0. The Kier molecular flexibility index (Phi) is 2.90. The van der Waals surface area contributed by atoms with E-state index < -0.39 is 0 Å². The van der Waals surface area contributed by atoms with Gasteiger partial charge in [0.15, 0.2) is 12.0 Å². The predicted octanol–water partition coefficient (Wildman–Crippen LogP) is 2.49. The number of esters is 1. The molecule has 0 N–H and O–H groups in total. The topological polar surface area (TPSA) is 52.3 Å². The van der Waals surface area contributed by atoms with Gasteiger partial charge in [0.25, 0.3) is 0 Å². The Labute approximate surface area is 93.2 Å². The number of aromatic nitrogens is 1. The third-order valence-electron chi connectivity index (χ3n) is 2.50. The highest BCUT2D eigenvalue weighted by molar-refractivity contribution is 5.85. The molecule has 0 saturated carbocycles. The maximum atomic E-state index is 11.6. The monoisotopic (exact) mass is 219 g/mol. The van der Waals surface area contributed by atoms with Crippen LogP contribution in [0, 0.1) is 0 Å². The van der Waals surface area contributed by atoms with Crippen molar-refractivity contribution in [1.29, 1.82) is 0 Å². The van der Waals surface area contributed by atoms with Gasteiger partial charge in [0.1, 0.15) is 5.52 Å². The van der Waals surface area contributed by atoms with E-state index in [0.29, 0.717) is 12.2 Å². The van der Waals surface area contributed by atoms with Crippen LogP contribution in [0.4, 0.5) is 0 Å². The lowest BCUT2D eigenvalue weighted by molar-refractivity contribution is -0.144. The maximum absolute atomic E-state index is 11.6. The number of hydrogen-bond acceptors (Lipinski definition) is 4. The molecule has 1 atom stereocenters. The number of oxazole rings is 1. The summed E-state index contributed by atoms with van der Waals surface area (Å²) in [7, 11) is 0. The molecule has 0 fully saturated rings. The Hall–Kier alpha value is -1.84. The fourth-order valence-corrected chi connectivity index (χ4v) is 1.65. The first-order valence-electron chi connectivity index (χ1n) is 5.22. The van der Waals surface area contributed by atoms with Crippen LogP contribution in [-0.4, -0.2) is 17.6 Å². The molecule has 0 amide bonds. The number of nitrogens with zero attached hydrogens (tertiary/aromatic N) is 1. The molecule has 2 aromatic rings. The number of carbonyl (C=O) groups is 1. The van der Waals surface area contributed by atoms with Gasteiger partial charge >= 0.3 is 5.97 Å². The number of hydrogen-bond donors (Lipinski definition) is 0. The van der Waals surface area contributed by atoms with Crippen LogP contribution in [0.25, 0.3) is 11.1 Å². The molecule has 4 heteroatoms. The van der Waals surface area contributed by atoms with Gasteiger partial charge in [-0.15, -0.1) is 0 Å². The summed E-state index contributed by atoms with van der Waals surface area (Å²) in [5.74, 6) is -0.563. The largest absolute Gasteiger partial charge is 0.466 e. The molecule has 0 aliphatic carbocycles. The maximum Gasteiger partial charge on any atom is 0.313 e. The van der Waals surface area contributed by atoms with Gasteiger partial charge in [-0.05, 0) is 25.5 Å². The van der Waals surface area contributed by atoms with Crippen LogP contribution < -0.4 is 0 Å². The summed E-state index contributed by atoms with van der Waals surface area (Å²) in [6.07, 6.45) is 1.38. The lowest BCUT2D eigenvalue weighted by atomic mass is 10.0. The molecule has 1 heterocycles. The predicted molar refractivity (Wildman–Crippen MR) is 59.1 cm³/mol. The lowest BCUT2D eigenvalue weighted by Gasteiger charge is -2.10. The Morgan fingerprint density at radius 3 is 3.12 bits per heavy atom. The van der Waals surface area contributed by atoms with Gasteiger partial charge in [-0.2, -0.15) is 0 Å². The highest BCUT2D eigenvalue weighted by atomic mass is 16.5. The molecular weight excluding hydrogens is 206 g/mol. The van der Waals surface area contributed by atoms with Crippen molar-refractivity contribution in [1.82, 2.24) is 4.98 Å². The molecule has 16 heavy (non-hydrogen) atoms. The van der Waals surface area contributed by atoms with Crippen LogP contribution in [-0.2, 0) is 9.53 Å². The second-order valence-corrected chi connectivity index (χ2v) is 3.52. The number of rotatable bonds is 3. The molecule has 84 valence electrons. The van der Waals surface area contributed by atoms with E-state index in [1.807, 2.05) is 18.2 Å². The summed E-state index contributed by atoms with van der Waals surface area (Å²) in [6, 6.07) is 5.54. The van der Waals surface area contributed by atoms with Crippen molar-refractivity contribution in [3.63, 3.8) is 0 Å². The first kappa shape index (κ1) is 10.7. The Bertz CT molecular complexity index is 504. The number of ether oxygens (including phenoxy) is 1. The average Bonchev–Trinajstić information content (AvgIpc) is 2.76. The molecular formula is C12H13NO3. The molecule has 0 radical (unpaired) electrons. The molecule has 0 aliphatic rings. The Morgan fingerprint density at radius 2 is 2.38 bits per heavy atom. The van der Waals surface area contributed by atoms with Crippen molar-refractivity contribution in [3.8, 4) is 0 Å². The minimum Gasteiger partial charge on any atom is -0.466 e. The van der Waals surface area contributed by atoms with Crippen LogP contribution in [0.15, 0.2) is 29.0 Å². The van der Waals surface area contributed by atoms with E-state index in [-0.39, 0.29) is 11.9 Å². The van der Waals surface area contributed by atoms with E-state index >= 15 is 0 Å². The van der Waals surface area contributed by atoms with Crippen LogP contribution in [0.3, 0.4) is 0 Å². The zero-order valence-corrected chi connectivity index (χ0v) is 9.27. The quantitative estimate of drug-likeness (QED) is 0.744. The number of carbonyl (C=O) groups excluding carboxylic acids is 1.